The lowest BCUT2D eigenvalue weighted by Gasteiger charge is -2.14. The zero-order valence-electron chi connectivity index (χ0n) is 19.4. The summed E-state index contributed by atoms with van der Waals surface area (Å²) in [6.07, 6.45) is 2.81. The molecule has 1 heterocycles. The maximum atomic E-state index is 12.8. The first kappa shape index (κ1) is 23.5. The zero-order chi connectivity index (χ0) is 22.9. The molecule has 1 amide bonds. The molecule has 1 unspecified atom stereocenters. The highest BCUT2D eigenvalue weighted by Gasteiger charge is 2.13. The Hall–Kier alpha value is -3.18. The van der Waals surface area contributed by atoms with Crippen molar-refractivity contribution in [2.45, 2.75) is 53.1 Å². The number of carbonyl (C=O) groups is 1. The molecule has 0 fully saturated rings. The summed E-state index contributed by atoms with van der Waals surface area (Å²) in [7, 11) is 0. The van der Waals surface area contributed by atoms with E-state index in [9.17, 15) is 4.79 Å². The van der Waals surface area contributed by atoms with E-state index in [0.717, 1.165) is 37.3 Å². The van der Waals surface area contributed by atoms with Gasteiger partial charge in [0.2, 0.25) is 0 Å². The minimum atomic E-state index is -0.193. The molecule has 1 atom stereocenters. The van der Waals surface area contributed by atoms with Gasteiger partial charge in [0, 0.05) is 30.5 Å². The van der Waals surface area contributed by atoms with E-state index in [0.29, 0.717) is 22.7 Å². The number of hydrogen-bond donors (Lipinski definition) is 1. The highest BCUT2D eigenvalue weighted by atomic mass is 16.5. The second-order valence-corrected chi connectivity index (χ2v) is 7.90. The van der Waals surface area contributed by atoms with Crippen molar-refractivity contribution >= 4 is 11.6 Å². The number of carbonyl (C=O) groups excluding carboxylic acids is 1. The lowest BCUT2D eigenvalue weighted by Crippen LogP contribution is -2.16. The third-order valence-corrected chi connectivity index (χ3v) is 5.15. The van der Waals surface area contributed by atoms with Gasteiger partial charge in [-0.2, -0.15) is 0 Å². The number of nitrogens with zero attached hydrogens (tertiary/aromatic N) is 1. The van der Waals surface area contributed by atoms with Crippen LogP contribution in [0.1, 0.15) is 54.5 Å². The second-order valence-electron chi connectivity index (χ2n) is 7.90. The first-order valence-corrected chi connectivity index (χ1v) is 11.2. The highest BCUT2D eigenvalue weighted by molar-refractivity contribution is 6.05. The van der Waals surface area contributed by atoms with Crippen LogP contribution in [0.25, 0.3) is 0 Å². The van der Waals surface area contributed by atoms with E-state index < -0.39 is 0 Å². The Morgan fingerprint density at radius 3 is 2.50 bits per heavy atom. The number of nitrogens with one attached hydrogen (secondary N) is 1. The summed E-state index contributed by atoms with van der Waals surface area (Å²) in [5.74, 6) is 1.23. The number of aryl methyl sites for hydroxylation is 2. The molecular weight excluding hydrogens is 400 g/mol. The number of hydrogen-bond acceptors (Lipinski definition) is 4. The Bertz CT molecular complexity index is 1030. The Balaban J connectivity index is 1.64. The largest absolute Gasteiger partial charge is 0.457 e. The SMILES string of the molecule is CCCOC(C)Cc1ccc(C(=O)Nc2cccc(Oc3ccc(CC)cc3)c2)c(C)n1. The molecule has 1 N–H and O–H groups in total. The molecule has 0 aliphatic heterocycles. The fourth-order valence-corrected chi connectivity index (χ4v) is 3.40. The molecule has 0 aliphatic carbocycles. The second kappa shape index (κ2) is 11.4. The third-order valence-electron chi connectivity index (χ3n) is 5.15. The molecular formula is C27H32N2O3. The number of rotatable bonds is 10. The zero-order valence-corrected chi connectivity index (χ0v) is 19.4. The van der Waals surface area contributed by atoms with Gasteiger partial charge in [-0.3, -0.25) is 9.78 Å². The molecule has 0 saturated heterocycles. The van der Waals surface area contributed by atoms with Gasteiger partial charge in [-0.05, 0) is 68.7 Å². The van der Waals surface area contributed by atoms with Crippen LogP contribution in [0.3, 0.4) is 0 Å². The first-order chi connectivity index (χ1) is 15.5. The Morgan fingerprint density at radius 1 is 1.03 bits per heavy atom. The van der Waals surface area contributed by atoms with Gasteiger partial charge in [0.15, 0.2) is 0 Å². The van der Waals surface area contributed by atoms with Gasteiger partial charge in [-0.25, -0.2) is 0 Å². The van der Waals surface area contributed by atoms with Gasteiger partial charge < -0.3 is 14.8 Å². The van der Waals surface area contributed by atoms with Crippen LogP contribution in [-0.4, -0.2) is 23.6 Å². The number of ether oxygens (including phenoxy) is 2. The smallest absolute Gasteiger partial charge is 0.257 e. The van der Waals surface area contributed by atoms with E-state index in [2.05, 4.69) is 36.3 Å². The monoisotopic (exact) mass is 432 g/mol. The number of benzene rings is 2. The van der Waals surface area contributed by atoms with Crippen LogP contribution < -0.4 is 10.1 Å². The molecule has 5 nitrogen and oxygen atoms in total. The van der Waals surface area contributed by atoms with Crippen LogP contribution >= 0.6 is 0 Å². The lowest BCUT2D eigenvalue weighted by molar-refractivity contribution is 0.0663. The van der Waals surface area contributed by atoms with Gasteiger partial charge in [-0.15, -0.1) is 0 Å². The van der Waals surface area contributed by atoms with Crippen molar-refractivity contribution in [2.24, 2.45) is 0 Å². The van der Waals surface area contributed by atoms with E-state index in [1.807, 2.05) is 62.4 Å². The van der Waals surface area contributed by atoms with E-state index in [1.54, 1.807) is 0 Å². The molecule has 0 bridgehead atoms. The highest BCUT2D eigenvalue weighted by Crippen LogP contribution is 2.25. The van der Waals surface area contributed by atoms with Crippen LogP contribution in [-0.2, 0) is 17.6 Å². The van der Waals surface area contributed by atoms with E-state index in [-0.39, 0.29) is 12.0 Å². The molecule has 0 saturated carbocycles. The van der Waals surface area contributed by atoms with Crippen molar-refractivity contribution in [1.29, 1.82) is 0 Å². The fraction of sp³-hybridized carbons (Fsp3) is 0.333. The Morgan fingerprint density at radius 2 is 1.81 bits per heavy atom. The summed E-state index contributed by atoms with van der Waals surface area (Å²) in [6.45, 7) is 8.85. The Labute approximate surface area is 190 Å². The summed E-state index contributed by atoms with van der Waals surface area (Å²) in [5, 5.41) is 2.95. The molecule has 5 heteroatoms. The average molecular weight is 433 g/mol. The van der Waals surface area contributed by atoms with Gasteiger partial charge in [0.1, 0.15) is 11.5 Å². The number of pyridine rings is 1. The predicted molar refractivity (Wildman–Crippen MR) is 129 cm³/mol. The summed E-state index contributed by atoms with van der Waals surface area (Å²) >= 11 is 0. The van der Waals surface area contributed by atoms with Crippen molar-refractivity contribution < 1.29 is 14.3 Å². The minimum absolute atomic E-state index is 0.0995. The van der Waals surface area contributed by atoms with Gasteiger partial charge in [0.05, 0.1) is 17.4 Å². The van der Waals surface area contributed by atoms with Gasteiger partial charge in [-0.1, -0.05) is 32.0 Å². The minimum Gasteiger partial charge on any atom is -0.457 e. The summed E-state index contributed by atoms with van der Waals surface area (Å²) in [5.41, 5.74) is 4.11. The van der Waals surface area contributed by atoms with Crippen LogP contribution in [0.15, 0.2) is 60.7 Å². The standard InChI is InChI=1S/C27H32N2O3/c1-5-16-31-19(3)17-23-12-15-26(20(4)28-23)27(30)29-22-8-7-9-25(18-22)32-24-13-10-21(6-2)11-14-24/h7-15,18-19H,5-6,16-17H2,1-4H3,(H,29,30). The number of aromatic nitrogens is 1. The summed E-state index contributed by atoms with van der Waals surface area (Å²) in [6, 6.07) is 19.1. The van der Waals surface area contributed by atoms with Gasteiger partial charge >= 0.3 is 0 Å². The van der Waals surface area contributed by atoms with Crippen LogP contribution in [0.2, 0.25) is 0 Å². The Kier molecular flexibility index (Phi) is 8.40. The van der Waals surface area contributed by atoms with Crippen LogP contribution in [0, 0.1) is 6.92 Å². The number of anilines is 1. The predicted octanol–water partition coefficient (Wildman–Crippen LogP) is 6.35. The van der Waals surface area contributed by atoms with Crippen molar-refractivity contribution in [3.63, 3.8) is 0 Å². The van der Waals surface area contributed by atoms with E-state index >= 15 is 0 Å². The average Bonchev–Trinajstić information content (AvgIpc) is 2.78. The molecule has 168 valence electrons. The van der Waals surface area contributed by atoms with E-state index in [4.69, 9.17) is 9.47 Å². The number of amides is 1. The molecule has 2 aromatic carbocycles. The first-order valence-electron chi connectivity index (χ1n) is 11.2. The van der Waals surface area contributed by atoms with Crippen molar-refractivity contribution in [1.82, 2.24) is 4.98 Å². The topological polar surface area (TPSA) is 60.5 Å². The molecule has 3 aromatic rings. The molecule has 32 heavy (non-hydrogen) atoms. The quantitative estimate of drug-likeness (QED) is 0.405. The maximum absolute atomic E-state index is 12.8. The molecule has 3 rings (SSSR count). The maximum Gasteiger partial charge on any atom is 0.257 e. The van der Waals surface area contributed by atoms with Crippen LogP contribution in [0.4, 0.5) is 5.69 Å². The van der Waals surface area contributed by atoms with Crippen LogP contribution in [0.5, 0.6) is 11.5 Å². The normalized spacial score (nSPS) is 11.8. The molecule has 0 aliphatic rings. The van der Waals surface area contributed by atoms with Crippen molar-refractivity contribution in [2.75, 3.05) is 11.9 Å². The molecule has 0 radical (unpaired) electrons. The van der Waals surface area contributed by atoms with E-state index in [1.165, 1.54) is 5.56 Å². The summed E-state index contributed by atoms with van der Waals surface area (Å²) < 4.78 is 11.7. The third kappa shape index (κ3) is 6.66. The van der Waals surface area contributed by atoms with Crippen molar-refractivity contribution in [3.05, 3.63) is 83.2 Å². The molecule has 0 spiro atoms. The lowest BCUT2D eigenvalue weighted by atomic mass is 10.1. The molecule has 1 aromatic heterocycles. The van der Waals surface area contributed by atoms with Crippen molar-refractivity contribution in [3.8, 4) is 11.5 Å². The summed E-state index contributed by atoms with van der Waals surface area (Å²) in [4.78, 5) is 17.4. The fourth-order valence-electron chi connectivity index (χ4n) is 3.40. The van der Waals surface area contributed by atoms with Gasteiger partial charge in [0.25, 0.3) is 5.91 Å².